The second kappa shape index (κ2) is 11.6. The molecule has 1 saturated heterocycles. The number of halogens is 1. The standard InChI is InChI=1S/C28H27FN4O5S/c1-2-37-27(35)22-17-39-26(30-22)24-23(19-8-10-20(29)11-9-19)25(34)31-33(24)21-12-14-32(15-13-21)28(36)38-16-18-6-4-3-5-7-18/h3-11,17,21H,2,12-16H2,1H3,(H,31,34). The average molecular weight is 551 g/mol. The number of aromatic amines is 1. The number of aromatic nitrogens is 3. The molecule has 1 fully saturated rings. The van der Waals surface area contributed by atoms with Crippen LogP contribution in [0.5, 0.6) is 0 Å². The second-order valence-electron chi connectivity index (χ2n) is 9.06. The molecule has 39 heavy (non-hydrogen) atoms. The number of likely N-dealkylation sites (tertiary alicyclic amines) is 1. The van der Waals surface area contributed by atoms with Crippen molar-refractivity contribution in [2.45, 2.75) is 32.4 Å². The number of piperidine rings is 1. The van der Waals surface area contributed by atoms with E-state index in [0.29, 0.717) is 47.8 Å². The molecule has 4 aromatic rings. The molecule has 0 unspecified atom stereocenters. The highest BCUT2D eigenvalue weighted by atomic mass is 32.1. The fraction of sp³-hybridized carbons (Fsp3) is 0.286. The van der Waals surface area contributed by atoms with E-state index in [9.17, 15) is 18.8 Å². The summed E-state index contributed by atoms with van der Waals surface area (Å²) >= 11 is 1.22. The van der Waals surface area contributed by atoms with Gasteiger partial charge in [-0.15, -0.1) is 11.3 Å². The van der Waals surface area contributed by atoms with E-state index >= 15 is 0 Å². The van der Waals surface area contributed by atoms with Gasteiger partial charge >= 0.3 is 12.1 Å². The molecule has 2 aromatic carbocycles. The molecule has 11 heteroatoms. The first kappa shape index (κ1) is 26.4. The summed E-state index contributed by atoms with van der Waals surface area (Å²) in [5.41, 5.74) is 2.09. The number of esters is 1. The van der Waals surface area contributed by atoms with Gasteiger partial charge in [0.25, 0.3) is 5.56 Å². The van der Waals surface area contributed by atoms with E-state index < -0.39 is 11.8 Å². The largest absolute Gasteiger partial charge is 0.461 e. The zero-order valence-corrected chi connectivity index (χ0v) is 22.1. The summed E-state index contributed by atoms with van der Waals surface area (Å²) in [6.07, 6.45) is 0.748. The molecule has 2 aromatic heterocycles. The number of carbonyl (C=O) groups is 2. The van der Waals surface area contributed by atoms with Crippen LogP contribution in [0, 0.1) is 5.82 Å². The van der Waals surface area contributed by atoms with Crippen molar-refractivity contribution in [2.75, 3.05) is 19.7 Å². The molecular weight excluding hydrogens is 523 g/mol. The van der Waals surface area contributed by atoms with Crippen molar-refractivity contribution in [3.05, 3.63) is 87.4 Å². The van der Waals surface area contributed by atoms with E-state index in [2.05, 4.69) is 10.1 Å². The van der Waals surface area contributed by atoms with Gasteiger partial charge in [-0.1, -0.05) is 42.5 Å². The van der Waals surface area contributed by atoms with Crippen LogP contribution in [-0.4, -0.2) is 51.4 Å². The van der Waals surface area contributed by atoms with Crippen LogP contribution in [0.2, 0.25) is 0 Å². The molecule has 0 saturated carbocycles. The van der Waals surface area contributed by atoms with Gasteiger partial charge in [0.05, 0.1) is 18.2 Å². The van der Waals surface area contributed by atoms with Crippen LogP contribution in [0.25, 0.3) is 21.8 Å². The van der Waals surface area contributed by atoms with Crippen molar-refractivity contribution >= 4 is 23.4 Å². The summed E-state index contributed by atoms with van der Waals surface area (Å²) in [5.74, 6) is -0.961. The van der Waals surface area contributed by atoms with Gasteiger partial charge in [0, 0.05) is 18.5 Å². The van der Waals surface area contributed by atoms with Crippen LogP contribution in [0.3, 0.4) is 0 Å². The van der Waals surface area contributed by atoms with Gasteiger partial charge in [-0.2, -0.15) is 0 Å². The smallest absolute Gasteiger partial charge is 0.410 e. The molecule has 0 spiro atoms. The third-order valence-corrected chi connectivity index (χ3v) is 7.39. The zero-order valence-electron chi connectivity index (χ0n) is 21.3. The van der Waals surface area contributed by atoms with Crippen molar-refractivity contribution in [1.82, 2.24) is 19.7 Å². The zero-order chi connectivity index (χ0) is 27.4. The predicted molar refractivity (Wildman–Crippen MR) is 144 cm³/mol. The maximum Gasteiger partial charge on any atom is 0.410 e. The number of hydrogen-bond acceptors (Lipinski definition) is 7. The number of ether oxygens (including phenoxy) is 2. The first-order valence-corrected chi connectivity index (χ1v) is 13.5. The van der Waals surface area contributed by atoms with E-state index in [-0.39, 0.29) is 36.6 Å². The molecule has 1 amide bonds. The average Bonchev–Trinajstić information content (AvgIpc) is 3.58. The van der Waals surface area contributed by atoms with E-state index in [1.807, 2.05) is 30.3 Å². The summed E-state index contributed by atoms with van der Waals surface area (Å²) in [6, 6.07) is 15.0. The van der Waals surface area contributed by atoms with Crippen LogP contribution in [0.15, 0.2) is 64.8 Å². The fourth-order valence-corrected chi connectivity index (χ4v) is 5.45. The quantitative estimate of drug-likeness (QED) is 0.315. The normalized spacial score (nSPS) is 13.8. The van der Waals surface area contributed by atoms with E-state index in [1.54, 1.807) is 34.0 Å². The van der Waals surface area contributed by atoms with E-state index in [1.165, 1.54) is 23.5 Å². The monoisotopic (exact) mass is 550 g/mol. The molecule has 1 N–H and O–H groups in total. The van der Waals surface area contributed by atoms with Gasteiger partial charge in [0.15, 0.2) is 5.69 Å². The fourth-order valence-electron chi connectivity index (χ4n) is 4.62. The molecule has 1 aliphatic heterocycles. The Balaban J connectivity index is 1.40. The van der Waals surface area contributed by atoms with Gasteiger partial charge in [0.1, 0.15) is 23.1 Å². The minimum absolute atomic E-state index is 0.144. The number of carbonyl (C=O) groups excluding carboxylic acids is 2. The van der Waals surface area contributed by atoms with Crippen molar-refractivity contribution in [1.29, 1.82) is 0 Å². The summed E-state index contributed by atoms with van der Waals surface area (Å²) in [4.78, 5) is 44.3. The Hall–Kier alpha value is -4.25. The number of H-pyrrole nitrogens is 1. The molecule has 0 aliphatic carbocycles. The summed E-state index contributed by atoms with van der Waals surface area (Å²) in [5, 5.41) is 4.98. The highest BCUT2D eigenvalue weighted by Crippen LogP contribution is 2.36. The van der Waals surface area contributed by atoms with E-state index in [4.69, 9.17) is 9.47 Å². The third kappa shape index (κ3) is 5.78. The van der Waals surface area contributed by atoms with Gasteiger partial charge in [-0.05, 0) is 43.0 Å². The topological polar surface area (TPSA) is 107 Å². The lowest BCUT2D eigenvalue weighted by atomic mass is 10.0. The highest BCUT2D eigenvalue weighted by molar-refractivity contribution is 7.13. The highest BCUT2D eigenvalue weighted by Gasteiger charge is 2.30. The van der Waals surface area contributed by atoms with Gasteiger partial charge in [0.2, 0.25) is 0 Å². The molecule has 0 bridgehead atoms. The number of thiazole rings is 1. The lowest BCUT2D eigenvalue weighted by Gasteiger charge is -2.32. The van der Waals surface area contributed by atoms with Crippen LogP contribution in [0.4, 0.5) is 9.18 Å². The Morgan fingerprint density at radius 2 is 1.79 bits per heavy atom. The van der Waals surface area contributed by atoms with Crippen LogP contribution < -0.4 is 5.56 Å². The SMILES string of the molecule is CCOC(=O)c1csc(-c2c(-c3ccc(F)cc3)c(=O)[nH]n2C2CCN(C(=O)OCc3ccccc3)CC2)n1. The number of nitrogens with zero attached hydrogens (tertiary/aromatic N) is 3. The van der Waals surface area contributed by atoms with Crippen LogP contribution >= 0.6 is 11.3 Å². The Morgan fingerprint density at radius 1 is 1.08 bits per heavy atom. The number of amides is 1. The maximum absolute atomic E-state index is 13.6. The number of hydrogen-bond donors (Lipinski definition) is 1. The molecule has 0 radical (unpaired) electrons. The Kier molecular flexibility index (Phi) is 7.87. The molecule has 1 aliphatic rings. The summed E-state index contributed by atoms with van der Waals surface area (Å²) < 4.78 is 26.0. The first-order chi connectivity index (χ1) is 18.9. The maximum atomic E-state index is 13.6. The Bertz CT molecular complexity index is 1500. The van der Waals surface area contributed by atoms with Crippen LogP contribution in [-0.2, 0) is 16.1 Å². The molecule has 0 atom stereocenters. The Morgan fingerprint density at radius 3 is 2.49 bits per heavy atom. The van der Waals surface area contributed by atoms with Crippen molar-refractivity contribution in [3.8, 4) is 21.8 Å². The number of nitrogens with one attached hydrogen (secondary N) is 1. The second-order valence-corrected chi connectivity index (χ2v) is 9.92. The predicted octanol–water partition coefficient (Wildman–Crippen LogP) is 5.26. The van der Waals surface area contributed by atoms with Gasteiger partial charge in [-0.25, -0.2) is 19.0 Å². The Labute approximate surface area is 227 Å². The lowest BCUT2D eigenvalue weighted by molar-refractivity contribution is 0.0520. The lowest BCUT2D eigenvalue weighted by Crippen LogP contribution is -2.39. The van der Waals surface area contributed by atoms with Crippen LogP contribution in [0.1, 0.15) is 41.9 Å². The summed E-state index contributed by atoms with van der Waals surface area (Å²) in [6.45, 7) is 3.01. The van der Waals surface area contributed by atoms with E-state index in [0.717, 1.165) is 5.56 Å². The number of benzene rings is 2. The summed E-state index contributed by atoms with van der Waals surface area (Å²) in [7, 11) is 0. The van der Waals surface area contributed by atoms with Crippen molar-refractivity contribution in [3.63, 3.8) is 0 Å². The van der Waals surface area contributed by atoms with Crippen molar-refractivity contribution < 1.29 is 23.5 Å². The van der Waals surface area contributed by atoms with Crippen molar-refractivity contribution in [2.24, 2.45) is 0 Å². The number of rotatable bonds is 7. The molecule has 5 rings (SSSR count). The molecular formula is C28H27FN4O5S. The molecule has 9 nitrogen and oxygen atoms in total. The minimum Gasteiger partial charge on any atom is -0.461 e. The minimum atomic E-state index is -0.546. The molecule has 202 valence electrons. The first-order valence-electron chi connectivity index (χ1n) is 12.6. The molecule has 3 heterocycles. The van der Waals surface area contributed by atoms with Gasteiger partial charge < -0.3 is 14.4 Å². The van der Waals surface area contributed by atoms with Gasteiger partial charge in [-0.3, -0.25) is 14.6 Å². The third-order valence-electron chi connectivity index (χ3n) is 6.54.